The Bertz CT molecular complexity index is 892. The largest absolute Gasteiger partial charge is 0.454 e. The van der Waals surface area contributed by atoms with Crippen molar-refractivity contribution in [1.82, 2.24) is 5.32 Å². The normalized spacial score (nSPS) is 14.2. The van der Waals surface area contributed by atoms with Gasteiger partial charge in [0.2, 0.25) is 6.79 Å². The summed E-state index contributed by atoms with van der Waals surface area (Å²) >= 11 is 0. The van der Waals surface area contributed by atoms with E-state index in [1.807, 2.05) is 13.0 Å². The van der Waals surface area contributed by atoms with Gasteiger partial charge in [0.15, 0.2) is 21.3 Å². The lowest BCUT2D eigenvalue weighted by Gasteiger charge is -2.16. The van der Waals surface area contributed by atoms with Crippen molar-refractivity contribution in [3.8, 4) is 11.5 Å². The second-order valence-electron chi connectivity index (χ2n) is 5.58. The zero-order valence-corrected chi connectivity index (χ0v) is 14.1. The van der Waals surface area contributed by atoms with Crippen molar-refractivity contribution >= 4 is 15.7 Å². The molecule has 6 nitrogen and oxygen atoms in total. The smallest absolute Gasteiger partial charge is 0.253 e. The first kappa shape index (κ1) is 16.3. The molecule has 0 unspecified atom stereocenters. The first-order valence-electron chi connectivity index (χ1n) is 7.36. The summed E-state index contributed by atoms with van der Waals surface area (Å²) in [6, 6.07) is 11.2. The molecule has 1 heterocycles. The number of benzene rings is 2. The van der Waals surface area contributed by atoms with Crippen LogP contribution in [-0.2, 0) is 9.84 Å². The van der Waals surface area contributed by atoms with Crippen LogP contribution in [0.25, 0.3) is 0 Å². The molecule has 3 rings (SSSR count). The molecule has 0 aromatic heterocycles. The summed E-state index contributed by atoms with van der Waals surface area (Å²) in [4.78, 5) is 12.5. The van der Waals surface area contributed by atoms with E-state index in [2.05, 4.69) is 5.32 Å². The van der Waals surface area contributed by atoms with Gasteiger partial charge >= 0.3 is 0 Å². The summed E-state index contributed by atoms with van der Waals surface area (Å²) in [6.07, 6.45) is 1.08. The molecule has 0 fully saturated rings. The quantitative estimate of drug-likeness (QED) is 0.918. The Kier molecular flexibility index (Phi) is 4.19. The lowest BCUT2D eigenvalue weighted by atomic mass is 10.1. The highest BCUT2D eigenvalue weighted by atomic mass is 32.2. The van der Waals surface area contributed by atoms with Crippen LogP contribution >= 0.6 is 0 Å². The molecule has 0 saturated carbocycles. The Morgan fingerprint density at radius 2 is 1.83 bits per heavy atom. The van der Waals surface area contributed by atoms with Gasteiger partial charge in [-0.3, -0.25) is 4.79 Å². The van der Waals surface area contributed by atoms with Crippen LogP contribution in [0.15, 0.2) is 47.4 Å². The predicted octanol–water partition coefficient (Wildman–Crippen LogP) is 2.31. The summed E-state index contributed by atoms with van der Waals surface area (Å²) in [6.45, 7) is 2.00. The number of nitrogens with one attached hydrogen (secondary N) is 1. The SMILES string of the molecule is C[C@H](NC(=O)c1ccccc1S(C)(=O)=O)c1ccc2c(c1)OCO2. The van der Waals surface area contributed by atoms with E-state index in [-0.39, 0.29) is 23.3 Å². The average Bonchev–Trinajstić information content (AvgIpc) is 3.01. The van der Waals surface area contributed by atoms with Crippen LogP contribution in [-0.4, -0.2) is 27.4 Å². The Hall–Kier alpha value is -2.54. The molecule has 0 spiro atoms. The number of amides is 1. The molecule has 1 atom stereocenters. The molecule has 0 aliphatic carbocycles. The summed E-state index contributed by atoms with van der Waals surface area (Å²) < 4.78 is 34.3. The number of carbonyl (C=O) groups excluding carboxylic acids is 1. The standard InChI is InChI=1S/C17H17NO5S/c1-11(12-7-8-14-15(9-12)23-10-22-14)18-17(19)13-5-3-4-6-16(13)24(2,20)21/h3-9,11H,10H2,1-2H3,(H,18,19)/t11-/m0/s1. The van der Waals surface area contributed by atoms with Gasteiger partial charge in [0.25, 0.3) is 5.91 Å². The first-order valence-corrected chi connectivity index (χ1v) is 9.25. The maximum absolute atomic E-state index is 12.5. The molecule has 0 saturated heterocycles. The van der Waals surface area contributed by atoms with E-state index in [4.69, 9.17) is 9.47 Å². The predicted molar refractivity (Wildman–Crippen MR) is 88.0 cm³/mol. The van der Waals surface area contributed by atoms with Gasteiger partial charge in [-0.2, -0.15) is 0 Å². The van der Waals surface area contributed by atoms with E-state index in [0.717, 1.165) is 11.8 Å². The van der Waals surface area contributed by atoms with Crippen LogP contribution in [0.3, 0.4) is 0 Å². The van der Waals surface area contributed by atoms with E-state index >= 15 is 0 Å². The van der Waals surface area contributed by atoms with Crippen molar-refractivity contribution in [2.24, 2.45) is 0 Å². The van der Waals surface area contributed by atoms with E-state index in [0.29, 0.717) is 11.5 Å². The number of hydrogen-bond acceptors (Lipinski definition) is 5. The number of ether oxygens (including phenoxy) is 2. The maximum Gasteiger partial charge on any atom is 0.253 e. The van der Waals surface area contributed by atoms with Gasteiger partial charge in [-0.15, -0.1) is 0 Å². The van der Waals surface area contributed by atoms with Gasteiger partial charge in [-0.25, -0.2) is 8.42 Å². The molecular weight excluding hydrogens is 330 g/mol. The Morgan fingerprint density at radius 3 is 2.58 bits per heavy atom. The van der Waals surface area contributed by atoms with Crippen molar-refractivity contribution < 1.29 is 22.7 Å². The Balaban J connectivity index is 1.83. The molecule has 1 amide bonds. The zero-order valence-electron chi connectivity index (χ0n) is 13.3. The van der Waals surface area contributed by atoms with Crippen LogP contribution in [0, 0.1) is 0 Å². The summed E-state index contributed by atoms with van der Waals surface area (Å²) in [5.41, 5.74) is 0.969. The van der Waals surface area contributed by atoms with Gasteiger partial charge < -0.3 is 14.8 Å². The van der Waals surface area contributed by atoms with Crippen LogP contribution in [0.4, 0.5) is 0 Å². The van der Waals surface area contributed by atoms with E-state index in [9.17, 15) is 13.2 Å². The number of sulfone groups is 1. The molecular formula is C17H17NO5S. The lowest BCUT2D eigenvalue weighted by molar-refractivity contribution is 0.0936. The number of hydrogen-bond donors (Lipinski definition) is 1. The highest BCUT2D eigenvalue weighted by Crippen LogP contribution is 2.34. The van der Waals surface area contributed by atoms with Crippen LogP contribution in [0.2, 0.25) is 0 Å². The van der Waals surface area contributed by atoms with E-state index in [1.54, 1.807) is 24.3 Å². The zero-order chi connectivity index (χ0) is 17.3. The molecule has 126 valence electrons. The fraction of sp³-hybridized carbons (Fsp3) is 0.235. The van der Waals surface area contributed by atoms with Crippen LogP contribution in [0.1, 0.15) is 28.9 Å². The van der Waals surface area contributed by atoms with Gasteiger partial charge in [-0.1, -0.05) is 18.2 Å². The van der Waals surface area contributed by atoms with Crippen molar-refractivity contribution in [2.45, 2.75) is 17.9 Å². The van der Waals surface area contributed by atoms with Gasteiger partial charge in [-0.05, 0) is 36.8 Å². The number of rotatable bonds is 4. The fourth-order valence-electron chi connectivity index (χ4n) is 2.52. The second kappa shape index (κ2) is 6.16. The highest BCUT2D eigenvalue weighted by Gasteiger charge is 2.21. The van der Waals surface area contributed by atoms with Gasteiger partial charge in [0.05, 0.1) is 16.5 Å². The topological polar surface area (TPSA) is 81.7 Å². The third-order valence-corrected chi connectivity index (χ3v) is 4.93. The first-order chi connectivity index (χ1) is 11.4. The molecule has 2 aromatic carbocycles. The maximum atomic E-state index is 12.5. The molecule has 0 radical (unpaired) electrons. The second-order valence-corrected chi connectivity index (χ2v) is 7.56. The summed E-state index contributed by atoms with van der Waals surface area (Å²) in [5, 5.41) is 2.82. The van der Waals surface area contributed by atoms with Crippen LogP contribution < -0.4 is 14.8 Å². The average molecular weight is 347 g/mol. The fourth-order valence-corrected chi connectivity index (χ4v) is 3.40. The molecule has 1 aliphatic rings. The Labute approximate surface area is 140 Å². The third kappa shape index (κ3) is 3.21. The molecule has 0 bridgehead atoms. The Morgan fingerprint density at radius 1 is 1.12 bits per heavy atom. The molecule has 1 aliphatic heterocycles. The molecule has 2 aromatic rings. The minimum atomic E-state index is -3.48. The van der Waals surface area contributed by atoms with Crippen LogP contribution in [0.5, 0.6) is 11.5 Å². The minimum absolute atomic E-state index is 0.0142. The summed E-state index contributed by atoms with van der Waals surface area (Å²) in [5.74, 6) is 0.853. The van der Waals surface area contributed by atoms with Crippen molar-refractivity contribution in [1.29, 1.82) is 0 Å². The number of fused-ring (bicyclic) bond motifs is 1. The highest BCUT2D eigenvalue weighted by molar-refractivity contribution is 7.90. The van der Waals surface area contributed by atoms with E-state index in [1.165, 1.54) is 12.1 Å². The molecule has 24 heavy (non-hydrogen) atoms. The third-order valence-electron chi connectivity index (χ3n) is 3.78. The molecule has 1 N–H and O–H groups in total. The molecule has 7 heteroatoms. The lowest BCUT2D eigenvalue weighted by Crippen LogP contribution is -2.28. The van der Waals surface area contributed by atoms with Crippen molar-refractivity contribution in [3.63, 3.8) is 0 Å². The summed E-state index contributed by atoms with van der Waals surface area (Å²) in [7, 11) is -3.48. The van der Waals surface area contributed by atoms with E-state index < -0.39 is 15.7 Å². The monoisotopic (exact) mass is 347 g/mol. The van der Waals surface area contributed by atoms with Crippen molar-refractivity contribution in [2.75, 3.05) is 13.0 Å². The van der Waals surface area contributed by atoms with Gasteiger partial charge in [0.1, 0.15) is 0 Å². The minimum Gasteiger partial charge on any atom is -0.454 e. The van der Waals surface area contributed by atoms with Crippen molar-refractivity contribution in [3.05, 3.63) is 53.6 Å². The number of carbonyl (C=O) groups is 1. The van der Waals surface area contributed by atoms with Gasteiger partial charge in [0, 0.05) is 6.26 Å².